The van der Waals surface area contributed by atoms with Gasteiger partial charge in [0.15, 0.2) is 0 Å². The van der Waals surface area contributed by atoms with Gasteiger partial charge < -0.3 is 15.3 Å². The summed E-state index contributed by atoms with van der Waals surface area (Å²) in [6, 6.07) is -0.846. The first-order valence-electron chi connectivity index (χ1n) is 6.46. The summed E-state index contributed by atoms with van der Waals surface area (Å²) in [7, 11) is 0. The van der Waals surface area contributed by atoms with E-state index in [0.29, 0.717) is 19.5 Å². The predicted molar refractivity (Wildman–Crippen MR) is 68.3 cm³/mol. The van der Waals surface area contributed by atoms with Crippen molar-refractivity contribution < 1.29 is 19.5 Å². The van der Waals surface area contributed by atoms with Gasteiger partial charge in [0.1, 0.15) is 0 Å². The van der Waals surface area contributed by atoms with Crippen LogP contribution >= 0.6 is 0 Å². The van der Waals surface area contributed by atoms with Crippen molar-refractivity contribution in [2.45, 2.75) is 39.3 Å². The molecule has 1 heterocycles. The van der Waals surface area contributed by atoms with Gasteiger partial charge in [0.05, 0.1) is 6.10 Å². The fourth-order valence-electron chi connectivity index (χ4n) is 2.03. The topological polar surface area (TPSA) is 89.9 Å². The first kappa shape index (κ1) is 15.4. The molecule has 108 valence electrons. The van der Waals surface area contributed by atoms with Crippen LogP contribution in [0, 0.1) is 0 Å². The number of aliphatic hydroxyl groups is 1. The fourth-order valence-corrected chi connectivity index (χ4v) is 2.03. The summed E-state index contributed by atoms with van der Waals surface area (Å²) in [5, 5.41) is 11.8. The number of piperazine rings is 1. The summed E-state index contributed by atoms with van der Waals surface area (Å²) in [6.45, 7) is 6.16. The van der Waals surface area contributed by atoms with Crippen LogP contribution < -0.4 is 5.32 Å². The van der Waals surface area contributed by atoms with Crippen molar-refractivity contribution in [2.75, 3.05) is 19.6 Å². The Morgan fingerprint density at radius 1 is 1.32 bits per heavy atom. The van der Waals surface area contributed by atoms with Crippen LogP contribution in [0.3, 0.4) is 0 Å². The molecule has 0 aromatic heterocycles. The Kier molecular flexibility index (Phi) is 5.29. The number of hydrogen-bond donors (Lipinski definition) is 2. The number of carbonyl (C=O) groups excluding carboxylic acids is 3. The van der Waals surface area contributed by atoms with Gasteiger partial charge >= 0.3 is 17.8 Å². The maximum atomic E-state index is 11.9. The molecular weight excluding hydrogens is 250 g/mol. The first-order valence-corrected chi connectivity index (χ1v) is 6.46. The minimum absolute atomic E-state index is 0.200. The van der Waals surface area contributed by atoms with Gasteiger partial charge in [0.2, 0.25) is 0 Å². The fraction of sp³-hybridized carbons (Fsp3) is 0.750. The van der Waals surface area contributed by atoms with E-state index in [1.54, 1.807) is 20.8 Å². The van der Waals surface area contributed by atoms with E-state index in [2.05, 4.69) is 5.32 Å². The minimum Gasteiger partial charge on any atom is -0.393 e. The Morgan fingerprint density at radius 2 is 1.95 bits per heavy atom. The molecule has 0 aromatic rings. The maximum Gasteiger partial charge on any atom is 0.324 e. The van der Waals surface area contributed by atoms with Gasteiger partial charge in [-0.25, -0.2) is 4.79 Å². The number of carbonyl (C=O) groups is 3. The van der Waals surface area contributed by atoms with Gasteiger partial charge in [0, 0.05) is 25.7 Å². The zero-order valence-corrected chi connectivity index (χ0v) is 11.5. The Balaban J connectivity index is 2.58. The van der Waals surface area contributed by atoms with Crippen LogP contribution in [0.2, 0.25) is 0 Å². The number of nitrogens with one attached hydrogen (secondary N) is 1. The SMILES string of the molecule is CCN1CCN(C(=O)NC(C)CC(C)O)C(=O)C1=O. The predicted octanol–water partition coefficient (Wildman–Crippen LogP) is -0.454. The van der Waals surface area contributed by atoms with Gasteiger partial charge in [0.25, 0.3) is 0 Å². The molecule has 1 aliphatic rings. The lowest BCUT2D eigenvalue weighted by atomic mass is 10.1. The number of nitrogens with zero attached hydrogens (tertiary/aromatic N) is 2. The van der Waals surface area contributed by atoms with Gasteiger partial charge in [-0.2, -0.15) is 0 Å². The van der Waals surface area contributed by atoms with Crippen molar-refractivity contribution in [2.24, 2.45) is 0 Å². The molecular formula is C12H21N3O4. The summed E-state index contributed by atoms with van der Waals surface area (Å²) in [4.78, 5) is 37.6. The zero-order chi connectivity index (χ0) is 14.6. The van der Waals surface area contributed by atoms with E-state index in [0.717, 1.165) is 4.90 Å². The lowest BCUT2D eigenvalue weighted by Gasteiger charge is -2.32. The molecule has 2 unspecified atom stereocenters. The summed E-state index contributed by atoms with van der Waals surface area (Å²) in [5.74, 6) is -1.44. The molecule has 0 aliphatic carbocycles. The molecule has 19 heavy (non-hydrogen) atoms. The van der Waals surface area contributed by atoms with Gasteiger partial charge in [-0.1, -0.05) is 0 Å². The van der Waals surface area contributed by atoms with E-state index < -0.39 is 23.9 Å². The molecule has 0 radical (unpaired) electrons. The minimum atomic E-state index is -0.796. The van der Waals surface area contributed by atoms with Gasteiger partial charge in [-0.3, -0.25) is 14.5 Å². The first-order chi connectivity index (χ1) is 8.86. The molecule has 2 atom stereocenters. The lowest BCUT2D eigenvalue weighted by Crippen LogP contribution is -2.59. The summed E-state index contributed by atoms with van der Waals surface area (Å²) in [5.41, 5.74) is 0. The highest BCUT2D eigenvalue weighted by atomic mass is 16.3. The van der Waals surface area contributed by atoms with Crippen molar-refractivity contribution in [3.8, 4) is 0 Å². The number of likely N-dealkylation sites (N-methyl/N-ethyl adjacent to an activating group) is 1. The maximum absolute atomic E-state index is 11.9. The number of urea groups is 1. The van der Waals surface area contributed by atoms with Crippen molar-refractivity contribution in [3.05, 3.63) is 0 Å². The second-order valence-electron chi connectivity index (χ2n) is 4.78. The number of aliphatic hydroxyl groups excluding tert-OH is 1. The second-order valence-corrected chi connectivity index (χ2v) is 4.78. The third-order valence-corrected chi connectivity index (χ3v) is 3.00. The van der Waals surface area contributed by atoms with E-state index in [1.807, 2.05) is 0 Å². The van der Waals surface area contributed by atoms with E-state index in [1.165, 1.54) is 4.90 Å². The van der Waals surface area contributed by atoms with Gasteiger partial charge in [-0.15, -0.1) is 0 Å². The van der Waals surface area contributed by atoms with E-state index in [4.69, 9.17) is 0 Å². The molecule has 0 saturated carbocycles. The summed E-state index contributed by atoms with van der Waals surface area (Å²) < 4.78 is 0. The van der Waals surface area contributed by atoms with E-state index in [9.17, 15) is 19.5 Å². The molecule has 7 nitrogen and oxygen atoms in total. The molecule has 0 aromatic carbocycles. The van der Waals surface area contributed by atoms with Crippen molar-refractivity contribution in [1.82, 2.24) is 15.1 Å². The molecule has 1 fully saturated rings. The lowest BCUT2D eigenvalue weighted by molar-refractivity contribution is -0.153. The van der Waals surface area contributed by atoms with Crippen molar-refractivity contribution in [3.63, 3.8) is 0 Å². The monoisotopic (exact) mass is 271 g/mol. The van der Waals surface area contributed by atoms with Crippen LogP contribution in [0.4, 0.5) is 4.79 Å². The Labute approximate surface area is 112 Å². The average Bonchev–Trinajstić information content (AvgIpc) is 2.31. The van der Waals surface area contributed by atoms with Crippen molar-refractivity contribution in [1.29, 1.82) is 0 Å². The van der Waals surface area contributed by atoms with Crippen LogP contribution in [0.5, 0.6) is 0 Å². The number of rotatable bonds is 4. The van der Waals surface area contributed by atoms with E-state index >= 15 is 0 Å². The Bertz CT molecular complexity index is 370. The molecule has 0 bridgehead atoms. The third-order valence-electron chi connectivity index (χ3n) is 3.00. The summed E-state index contributed by atoms with van der Waals surface area (Å²) >= 11 is 0. The van der Waals surface area contributed by atoms with Crippen LogP contribution in [-0.2, 0) is 9.59 Å². The molecule has 2 N–H and O–H groups in total. The molecule has 1 aliphatic heterocycles. The normalized spacial score (nSPS) is 19.4. The zero-order valence-electron chi connectivity index (χ0n) is 11.5. The Morgan fingerprint density at radius 3 is 2.47 bits per heavy atom. The largest absolute Gasteiger partial charge is 0.393 e. The van der Waals surface area contributed by atoms with Gasteiger partial charge in [-0.05, 0) is 27.2 Å². The smallest absolute Gasteiger partial charge is 0.324 e. The standard InChI is InChI=1S/C12H21N3O4/c1-4-14-5-6-15(11(18)10(14)17)12(19)13-8(2)7-9(3)16/h8-9,16H,4-7H2,1-3H3,(H,13,19). The molecule has 1 saturated heterocycles. The number of amides is 4. The highest BCUT2D eigenvalue weighted by Crippen LogP contribution is 2.06. The molecule has 4 amide bonds. The van der Waals surface area contributed by atoms with Crippen LogP contribution in [0.25, 0.3) is 0 Å². The molecule has 0 spiro atoms. The summed E-state index contributed by atoms with van der Waals surface area (Å²) in [6.07, 6.45) is -0.146. The second kappa shape index (κ2) is 6.51. The highest BCUT2D eigenvalue weighted by molar-refractivity contribution is 6.38. The van der Waals surface area contributed by atoms with Crippen molar-refractivity contribution >= 4 is 17.8 Å². The quantitative estimate of drug-likeness (QED) is 0.677. The molecule has 1 rings (SSSR count). The van der Waals surface area contributed by atoms with Crippen LogP contribution in [-0.4, -0.2) is 64.5 Å². The highest BCUT2D eigenvalue weighted by Gasteiger charge is 2.35. The number of imide groups is 1. The number of hydrogen-bond acceptors (Lipinski definition) is 4. The molecule has 7 heteroatoms. The van der Waals surface area contributed by atoms with E-state index in [-0.39, 0.29) is 12.6 Å². The van der Waals surface area contributed by atoms with Crippen LogP contribution in [0.1, 0.15) is 27.2 Å². The Hall–Kier alpha value is -1.63. The average molecular weight is 271 g/mol. The third kappa shape index (κ3) is 3.92. The van der Waals surface area contributed by atoms with Crippen LogP contribution in [0.15, 0.2) is 0 Å².